The summed E-state index contributed by atoms with van der Waals surface area (Å²) in [4.78, 5) is 4.60. The maximum Gasteiger partial charge on any atom is 0.130 e. The normalized spacial score (nSPS) is 13.9. The van der Waals surface area contributed by atoms with Crippen LogP contribution in [0, 0.1) is 0 Å². The van der Waals surface area contributed by atoms with Gasteiger partial charge in [0.25, 0.3) is 0 Å². The van der Waals surface area contributed by atoms with Crippen LogP contribution in [0.15, 0.2) is 51.9 Å². The van der Waals surface area contributed by atoms with E-state index in [9.17, 15) is 0 Å². The Balaban J connectivity index is 1.81. The van der Waals surface area contributed by atoms with Crippen molar-refractivity contribution in [2.75, 3.05) is 25.5 Å². The van der Waals surface area contributed by atoms with Gasteiger partial charge in [0, 0.05) is 40.9 Å². The maximum absolute atomic E-state index is 5.44. The van der Waals surface area contributed by atoms with Crippen LogP contribution in [-0.4, -0.2) is 26.0 Å². The molecule has 0 aromatic heterocycles. The van der Waals surface area contributed by atoms with Crippen molar-refractivity contribution in [3.8, 4) is 5.75 Å². The lowest BCUT2D eigenvalue weighted by Crippen LogP contribution is -2.30. The van der Waals surface area contributed by atoms with Gasteiger partial charge in [-0.1, -0.05) is 28.1 Å². The molecule has 120 valence electrons. The summed E-state index contributed by atoms with van der Waals surface area (Å²) in [5.41, 5.74) is 3.29. The summed E-state index contributed by atoms with van der Waals surface area (Å²) < 4.78 is 6.48. The lowest BCUT2D eigenvalue weighted by molar-refractivity contribution is 0.410. The number of benzene rings is 2. The largest absolute Gasteiger partial charge is 0.496 e. The van der Waals surface area contributed by atoms with E-state index in [1.165, 1.54) is 0 Å². The number of halogens is 1. The zero-order valence-electron chi connectivity index (χ0n) is 13.1. The first-order valence-corrected chi connectivity index (χ1v) is 8.51. The molecular formula is C18H20BrN3O. The molecule has 2 aromatic carbocycles. The number of nitrogens with one attached hydrogen (secondary N) is 2. The number of hydrogen-bond acceptors (Lipinski definition) is 4. The van der Waals surface area contributed by atoms with E-state index in [1.54, 1.807) is 7.11 Å². The second-order valence-corrected chi connectivity index (χ2v) is 6.28. The van der Waals surface area contributed by atoms with E-state index in [0.717, 1.165) is 52.4 Å². The van der Waals surface area contributed by atoms with Crippen LogP contribution in [0.4, 0.5) is 5.69 Å². The third-order valence-electron chi connectivity index (χ3n) is 3.79. The molecule has 3 rings (SSSR count). The molecular weight excluding hydrogens is 354 g/mol. The number of ether oxygens (including phenoxy) is 1. The fraction of sp³-hybridized carbons (Fsp3) is 0.278. The van der Waals surface area contributed by atoms with Crippen molar-refractivity contribution in [3.05, 3.63) is 58.1 Å². The molecule has 0 saturated carbocycles. The number of hydrogen-bond donors (Lipinski definition) is 2. The molecule has 1 aliphatic rings. The van der Waals surface area contributed by atoms with Gasteiger partial charge in [0.05, 0.1) is 7.11 Å². The van der Waals surface area contributed by atoms with Gasteiger partial charge in [-0.3, -0.25) is 4.99 Å². The second kappa shape index (κ2) is 7.51. The first-order chi connectivity index (χ1) is 11.3. The van der Waals surface area contributed by atoms with Crippen molar-refractivity contribution in [2.24, 2.45) is 4.99 Å². The van der Waals surface area contributed by atoms with E-state index >= 15 is 0 Å². The van der Waals surface area contributed by atoms with Crippen molar-refractivity contribution in [1.82, 2.24) is 5.32 Å². The number of amidine groups is 1. The van der Waals surface area contributed by atoms with Gasteiger partial charge in [0.1, 0.15) is 11.6 Å². The lowest BCUT2D eigenvalue weighted by atomic mass is 10.1. The van der Waals surface area contributed by atoms with Crippen LogP contribution >= 0.6 is 15.9 Å². The molecule has 0 aliphatic carbocycles. The lowest BCUT2D eigenvalue weighted by Gasteiger charge is -2.19. The molecule has 4 nitrogen and oxygen atoms in total. The van der Waals surface area contributed by atoms with Crippen LogP contribution < -0.4 is 15.4 Å². The molecule has 5 heteroatoms. The quantitative estimate of drug-likeness (QED) is 0.837. The van der Waals surface area contributed by atoms with E-state index in [2.05, 4.69) is 49.8 Å². The van der Waals surface area contributed by atoms with E-state index < -0.39 is 0 Å². The molecule has 0 amide bonds. The first kappa shape index (κ1) is 15.9. The summed E-state index contributed by atoms with van der Waals surface area (Å²) in [6, 6.07) is 14.3. The van der Waals surface area contributed by atoms with E-state index in [-0.39, 0.29) is 0 Å². The van der Waals surface area contributed by atoms with Crippen molar-refractivity contribution in [3.63, 3.8) is 0 Å². The average Bonchev–Trinajstić information content (AvgIpc) is 2.61. The molecule has 23 heavy (non-hydrogen) atoms. The maximum atomic E-state index is 5.44. The molecule has 0 unspecified atom stereocenters. The Morgan fingerprint density at radius 1 is 1.26 bits per heavy atom. The number of methoxy groups -OCH3 is 1. The summed E-state index contributed by atoms with van der Waals surface area (Å²) >= 11 is 3.52. The molecule has 2 aromatic rings. The molecule has 2 N–H and O–H groups in total. The molecule has 0 bridgehead atoms. The highest BCUT2D eigenvalue weighted by molar-refractivity contribution is 9.10. The van der Waals surface area contributed by atoms with Gasteiger partial charge in [-0.25, -0.2) is 0 Å². The predicted octanol–water partition coefficient (Wildman–Crippen LogP) is 3.81. The molecule has 0 radical (unpaired) electrons. The summed E-state index contributed by atoms with van der Waals surface area (Å²) in [5, 5.41) is 6.89. The monoisotopic (exact) mass is 373 g/mol. The third kappa shape index (κ3) is 3.85. The summed E-state index contributed by atoms with van der Waals surface area (Å²) in [5.74, 6) is 1.85. The zero-order chi connectivity index (χ0) is 16.1. The molecule has 1 heterocycles. The van der Waals surface area contributed by atoms with Crippen molar-refractivity contribution >= 4 is 27.5 Å². The highest BCUT2D eigenvalue weighted by Gasteiger charge is 2.12. The van der Waals surface area contributed by atoms with Crippen molar-refractivity contribution in [2.45, 2.75) is 13.0 Å². The molecule has 0 saturated heterocycles. The van der Waals surface area contributed by atoms with Gasteiger partial charge in [-0.15, -0.1) is 0 Å². The Bertz CT molecular complexity index is 715. The average molecular weight is 374 g/mol. The molecule has 1 aliphatic heterocycles. The minimum atomic E-state index is 0.687. The minimum absolute atomic E-state index is 0.687. The highest BCUT2D eigenvalue weighted by atomic mass is 79.9. The van der Waals surface area contributed by atoms with Crippen LogP contribution in [0.1, 0.15) is 17.5 Å². The van der Waals surface area contributed by atoms with E-state index in [0.29, 0.717) is 6.54 Å². The second-order valence-electron chi connectivity index (χ2n) is 5.37. The highest BCUT2D eigenvalue weighted by Crippen LogP contribution is 2.25. The number of para-hydroxylation sites is 1. The fourth-order valence-electron chi connectivity index (χ4n) is 2.63. The van der Waals surface area contributed by atoms with E-state index in [4.69, 9.17) is 4.74 Å². The van der Waals surface area contributed by atoms with Crippen LogP contribution in [0.5, 0.6) is 5.75 Å². The topological polar surface area (TPSA) is 45.6 Å². The Hall–Kier alpha value is -2.01. The van der Waals surface area contributed by atoms with Gasteiger partial charge in [0.15, 0.2) is 0 Å². The van der Waals surface area contributed by atoms with Gasteiger partial charge in [-0.05, 0) is 36.8 Å². The standard InChI is InChI=1S/C18H20BrN3O/c1-23-17-8-7-14(19)11-13(17)12-22-16-6-3-2-5-15(16)18-20-9-4-10-21-18/h2-3,5-8,11,22H,4,9-10,12H2,1H3,(H,20,21). The number of aliphatic imine (C=N–C) groups is 1. The van der Waals surface area contributed by atoms with Gasteiger partial charge in [-0.2, -0.15) is 0 Å². The first-order valence-electron chi connectivity index (χ1n) is 7.72. The Morgan fingerprint density at radius 2 is 2.13 bits per heavy atom. The fourth-order valence-corrected chi connectivity index (χ4v) is 3.04. The van der Waals surface area contributed by atoms with Gasteiger partial charge in [0.2, 0.25) is 0 Å². The Labute approximate surface area is 145 Å². The van der Waals surface area contributed by atoms with Crippen molar-refractivity contribution < 1.29 is 4.74 Å². The Kier molecular flexibility index (Phi) is 5.18. The molecule has 0 atom stereocenters. The van der Waals surface area contributed by atoms with Crippen molar-refractivity contribution in [1.29, 1.82) is 0 Å². The Morgan fingerprint density at radius 3 is 2.91 bits per heavy atom. The summed E-state index contributed by atoms with van der Waals surface area (Å²) in [7, 11) is 1.70. The van der Waals surface area contributed by atoms with Gasteiger partial charge >= 0.3 is 0 Å². The molecule has 0 fully saturated rings. The predicted molar refractivity (Wildman–Crippen MR) is 98.5 cm³/mol. The van der Waals surface area contributed by atoms with Crippen LogP contribution in [-0.2, 0) is 6.54 Å². The van der Waals surface area contributed by atoms with Crippen LogP contribution in [0.2, 0.25) is 0 Å². The third-order valence-corrected chi connectivity index (χ3v) is 4.28. The summed E-state index contributed by atoms with van der Waals surface area (Å²) in [6.45, 7) is 2.55. The van der Waals surface area contributed by atoms with Crippen LogP contribution in [0.3, 0.4) is 0 Å². The van der Waals surface area contributed by atoms with Gasteiger partial charge < -0.3 is 15.4 Å². The number of nitrogens with zero attached hydrogens (tertiary/aromatic N) is 1. The summed E-state index contributed by atoms with van der Waals surface area (Å²) in [6.07, 6.45) is 1.09. The SMILES string of the molecule is COc1ccc(Br)cc1CNc1ccccc1C1=NCCCN1. The molecule has 0 spiro atoms. The van der Waals surface area contributed by atoms with E-state index in [1.807, 2.05) is 24.3 Å². The number of anilines is 1. The number of rotatable bonds is 5. The van der Waals surface area contributed by atoms with Crippen LogP contribution in [0.25, 0.3) is 0 Å². The zero-order valence-corrected chi connectivity index (χ0v) is 14.7. The smallest absolute Gasteiger partial charge is 0.130 e. The minimum Gasteiger partial charge on any atom is -0.496 e.